The highest BCUT2D eigenvalue weighted by Crippen LogP contribution is 2.51. The molecule has 1 aliphatic carbocycles. The number of primary sulfonamides is 1. The third kappa shape index (κ3) is 2.76. The fourth-order valence-corrected chi connectivity index (χ4v) is 2.59. The molecule has 0 heterocycles. The molecule has 18 heavy (non-hydrogen) atoms. The van der Waals surface area contributed by atoms with Gasteiger partial charge in [-0.2, -0.15) is 0 Å². The molecular weight excluding hydrogens is 250 g/mol. The maximum absolute atomic E-state index is 11.2. The highest BCUT2D eigenvalue weighted by atomic mass is 32.2. The minimum absolute atomic E-state index is 0.0392. The molecule has 1 aromatic carbocycles. The molecule has 1 aliphatic rings. The zero-order valence-corrected chi connectivity index (χ0v) is 11.4. The summed E-state index contributed by atoms with van der Waals surface area (Å²) in [7, 11) is -3.69. The molecule has 0 bridgehead atoms. The Morgan fingerprint density at radius 3 is 2.50 bits per heavy atom. The number of nitrogens with one attached hydrogen (secondary N) is 1. The summed E-state index contributed by atoms with van der Waals surface area (Å²) in [6.45, 7) is 5.31. The SMILES string of the molecule is CC1(C)CC1CNc1ccc(S(N)(=O)=O)cc1N. The first-order valence-corrected chi connectivity index (χ1v) is 7.41. The number of nitrogens with two attached hydrogens (primary N) is 2. The van der Waals surface area contributed by atoms with Crippen molar-refractivity contribution in [3.05, 3.63) is 18.2 Å². The number of hydrogen-bond acceptors (Lipinski definition) is 4. The van der Waals surface area contributed by atoms with E-state index in [0.29, 0.717) is 17.0 Å². The lowest BCUT2D eigenvalue weighted by Crippen LogP contribution is -2.13. The molecule has 0 saturated heterocycles. The van der Waals surface area contributed by atoms with Crippen LogP contribution in [-0.2, 0) is 10.0 Å². The molecule has 6 heteroatoms. The van der Waals surface area contributed by atoms with E-state index in [1.165, 1.54) is 18.6 Å². The summed E-state index contributed by atoms with van der Waals surface area (Å²) in [5.41, 5.74) is 7.37. The van der Waals surface area contributed by atoms with Crippen molar-refractivity contribution in [2.45, 2.75) is 25.2 Å². The quantitative estimate of drug-likeness (QED) is 0.719. The van der Waals surface area contributed by atoms with Crippen LogP contribution in [0.3, 0.4) is 0 Å². The summed E-state index contributed by atoms with van der Waals surface area (Å²) in [6, 6.07) is 4.51. The molecule has 0 aromatic heterocycles. The van der Waals surface area contributed by atoms with E-state index in [2.05, 4.69) is 19.2 Å². The van der Waals surface area contributed by atoms with Crippen LogP contribution >= 0.6 is 0 Å². The maximum atomic E-state index is 11.2. The lowest BCUT2D eigenvalue weighted by molar-refractivity contribution is 0.573. The topological polar surface area (TPSA) is 98.2 Å². The fraction of sp³-hybridized carbons (Fsp3) is 0.500. The minimum Gasteiger partial charge on any atom is -0.397 e. The Bertz CT molecular complexity index is 567. The lowest BCUT2D eigenvalue weighted by Gasteiger charge is -2.11. The Morgan fingerprint density at radius 1 is 1.44 bits per heavy atom. The van der Waals surface area contributed by atoms with Gasteiger partial charge in [-0.3, -0.25) is 0 Å². The molecule has 0 aliphatic heterocycles. The van der Waals surface area contributed by atoms with Crippen molar-refractivity contribution in [3.63, 3.8) is 0 Å². The van der Waals surface area contributed by atoms with E-state index in [0.717, 1.165) is 12.2 Å². The second-order valence-electron chi connectivity index (χ2n) is 5.56. The van der Waals surface area contributed by atoms with Crippen LogP contribution in [0.5, 0.6) is 0 Å². The van der Waals surface area contributed by atoms with Crippen molar-refractivity contribution < 1.29 is 8.42 Å². The number of sulfonamides is 1. The zero-order chi connectivity index (χ0) is 13.6. The van der Waals surface area contributed by atoms with Crippen LogP contribution in [0.4, 0.5) is 11.4 Å². The zero-order valence-electron chi connectivity index (χ0n) is 10.6. The van der Waals surface area contributed by atoms with Gasteiger partial charge in [0.2, 0.25) is 10.0 Å². The molecule has 5 N–H and O–H groups in total. The van der Waals surface area contributed by atoms with E-state index in [1.807, 2.05) is 0 Å². The highest BCUT2D eigenvalue weighted by molar-refractivity contribution is 7.89. The number of benzene rings is 1. The van der Waals surface area contributed by atoms with E-state index >= 15 is 0 Å². The Balaban J connectivity index is 2.07. The molecule has 1 saturated carbocycles. The smallest absolute Gasteiger partial charge is 0.238 e. The molecule has 100 valence electrons. The van der Waals surface area contributed by atoms with Crippen LogP contribution in [0.15, 0.2) is 23.1 Å². The molecule has 0 radical (unpaired) electrons. The Kier molecular flexibility index (Phi) is 3.03. The van der Waals surface area contributed by atoms with Crippen molar-refractivity contribution >= 4 is 21.4 Å². The molecule has 1 fully saturated rings. The van der Waals surface area contributed by atoms with Crippen molar-refractivity contribution in [1.82, 2.24) is 0 Å². The molecular formula is C12H19N3O2S. The van der Waals surface area contributed by atoms with E-state index in [1.54, 1.807) is 6.07 Å². The molecule has 5 nitrogen and oxygen atoms in total. The van der Waals surface area contributed by atoms with Crippen molar-refractivity contribution in [2.24, 2.45) is 16.5 Å². The van der Waals surface area contributed by atoms with E-state index in [4.69, 9.17) is 10.9 Å². The molecule has 0 spiro atoms. The standard InChI is InChI=1S/C12H19N3O2S/c1-12(2)6-8(12)7-15-11-4-3-9(5-10(11)13)18(14,16)17/h3-5,8,15H,6-7,13H2,1-2H3,(H2,14,16,17). The molecule has 2 rings (SSSR count). The van der Waals surface area contributed by atoms with Crippen molar-refractivity contribution in [2.75, 3.05) is 17.6 Å². The van der Waals surface area contributed by atoms with Gasteiger partial charge in [0.05, 0.1) is 16.3 Å². The Hall–Kier alpha value is -1.27. The van der Waals surface area contributed by atoms with Crippen LogP contribution in [0.1, 0.15) is 20.3 Å². The largest absolute Gasteiger partial charge is 0.397 e. The van der Waals surface area contributed by atoms with Crippen molar-refractivity contribution in [3.8, 4) is 0 Å². The van der Waals surface area contributed by atoms with Gasteiger partial charge in [-0.05, 0) is 36.0 Å². The van der Waals surface area contributed by atoms with E-state index < -0.39 is 10.0 Å². The molecule has 1 aromatic rings. The predicted octanol–water partition coefficient (Wildman–Crippen LogP) is 1.37. The second-order valence-corrected chi connectivity index (χ2v) is 7.13. The molecule has 0 amide bonds. The number of anilines is 2. The minimum atomic E-state index is -3.69. The summed E-state index contributed by atoms with van der Waals surface area (Å²) in [4.78, 5) is 0.0392. The van der Waals surface area contributed by atoms with Gasteiger partial charge in [0.1, 0.15) is 0 Å². The van der Waals surface area contributed by atoms with Crippen LogP contribution in [0.2, 0.25) is 0 Å². The first-order valence-electron chi connectivity index (χ1n) is 5.86. The molecule has 1 atom stereocenters. The summed E-state index contributed by atoms with van der Waals surface area (Å²) >= 11 is 0. The van der Waals surface area contributed by atoms with Crippen molar-refractivity contribution in [1.29, 1.82) is 0 Å². The van der Waals surface area contributed by atoms with Gasteiger partial charge in [-0.15, -0.1) is 0 Å². The van der Waals surface area contributed by atoms with Gasteiger partial charge in [-0.25, -0.2) is 13.6 Å². The monoisotopic (exact) mass is 269 g/mol. The number of hydrogen-bond donors (Lipinski definition) is 3. The predicted molar refractivity (Wildman–Crippen MR) is 72.6 cm³/mol. The van der Waals surface area contributed by atoms with Gasteiger partial charge in [0.15, 0.2) is 0 Å². The first kappa shape index (κ1) is 13.2. The third-order valence-electron chi connectivity index (χ3n) is 3.61. The third-order valence-corrected chi connectivity index (χ3v) is 4.52. The van der Waals surface area contributed by atoms with Crippen LogP contribution < -0.4 is 16.2 Å². The van der Waals surface area contributed by atoms with Gasteiger partial charge in [0.25, 0.3) is 0 Å². The lowest BCUT2D eigenvalue weighted by atomic mass is 10.1. The summed E-state index contributed by atoms with van der Waals surface area (Å²) in [5.74, 6) is 0.648. The highest BCUT2D eigenvalue weighted by Gasteiger charge is 2.44. The molecule has 1 unspecified atom stereocenters. The van der Waals surface area contributed by atoms with Gasteiger partial charge in [0, 0.05) is 6.54 Å². The average Bonchev–Trinajstić information content (AvgIpc) is 2.83. The fourth-order valence-electron chi connectivity index (χ4n) is 2.04. The van der Waals surface area contributed by atoms with Gasteiger partial charge < -0.3 is 11.1 Å². The summed E-state index contributed by atoms with van der Waals surface area (Å²) < 4.78 is 22.3. The van der Waals surface area contributed by atoms with E-state index in [9.17, 15) is 8.42 Å². The average molecular weight is 269 g/mol. The van der Waals surface area contributed by atoms with Gasteiger partial charge in [-0.1, -0.05) is 13.8 Å². The van der Waals surface area contributed by atoms with Crippen LogP contribution in [0, 0.1) is 11.3 Å². The van der Waals surface area contributed by atoms with Crippen LogP contribution in [-0.4, -0.2) is 15.0 Å². The second kappa shape index (κ2) is 4.13. The first-order chi connectivity index (χ1) is 8.20. The summed E-state index contributed by atoms with van der Waals surface area (Å²) in [6.07, 6.45) is 1.20. The van der Waals surface area contributed by atoms with Gasteiger partial charge >= 0.3 is 0 Å². The summed E-state index contributed by atoms with van der Waals surface area (Å²) in [5, 5.41) is 8.29. The normalized spacial score (nSPS) is 21.6. The van der Waals surface area contributed by atoms with E-state index in [-0.39, 0.29) is 4.90 Å². The maximum Gasteiger partial charge on any atom is 0.238 e. The Morgan fingerprint density at radius 2 is 2.06 bits per heavy atom. The Labute approximate surface area is 108 Å². The number of nitrogen functional groups attached to an aromatic ring is 1. The van der Waals surface area contributed by atoms with Crippen LogP contribution in [0.25, 0.3) is 0 Å². The number of rotatable bonds is 4.